The maximum absolute atomic E-state index is 12.9. The van der Waals surface area contributed by atoms with Crippen LogP contribution in [0.15, 0.2) is 52.0 Å². The lowest BCUT2D eigenvalue weighted by molar-refractivity contribution is -0.128. The predicted molar refractivity (Wildman–Crippen MR) is 118 cm³/mol. The predicted octanol–water partition coefficient (Wildman–Crippen LogP) is 1.59. The number of carbonyl (C=O) groups excluding carboxylic acids is 2. The van der Waals surface area contributed by atoms with Crippen molar-refractivity contribution in [3.63, 3.8) is 0 Å². The van der Waals surface area contributed by atoms with Crippen LogP contribution in [0.25, 0.3) is 0 Å². The Kier molecular flexibility index (Phi) is 6.63. The third-order valence-corrected chi connectivity index (χ3v) is 7.96. The Morgan fingerprint density at radius 1 is 1.12 bits per heavy atom. The summed E-state index contributed by atoms with van der Waals surface area (Å²) in [5, 5.41) is 2.80. The van der Waals surface area contributed by atoms with Crippen LogP contribution in [0.2, 0.25) is 0 Å². The minimum absolute atomic E-state index is 0.0915. The number of nitrogens with zero attached hydrogens (tertiary/aromatic N) is 3. The Hall–Kier alpha value is -2.69. The highest BCUT2D eigenvalue weighted by Gasteiger charge is 2.35. The molecular formula is C22H28N4O5S. The lowest BCUT2D eigenvalue weighted by Crippen LogP contribution is -2.48. The molecule has 1 aromatic carbocycles. The zero-order valence-corrected chi connectivity index (χ0v) is 18.9. The second kappa shape index (κ2) is 9.43. The molecule has 2 amide bonds. The second-order valence-electron chi connectivity index (χ2n) is 8.11. The van der Waals surface area contributed by atoms with E-state index in [4.69, 9.17) is 4.42 Å². The smallest absolute Gasteiger partial charge is 0.243 e. The van der Waals surface area contributed by atoms with E-state index in [1.165, 1.54) is 16.4 Å². The van der Waals surface area contributed by atoms with Gasteiger partial charge in [0.25, 0.3) is 0 Å². The molecule has 0 radical (unpaired) electrons. The van der Waals surface area contributed by atoms with Crippen molar-refractivity contribution < 1.29 is 22.4 Å². The van der Waals surface area contributed by atoms with Crippen LogP contribution in [0.4, 0.5) is 5.69 Å². The maximum Gasteiger partial charge on any atom is 0.243 e. The summed E-state index contributed by atoms with van der Waals surface area (Å²) in [4.78, 5) is 28.9. The largest absolute Gasteiger partial charge is 0.467 e. The number of amides is 2. The molecule has 2 fully saturated rings. The first kappa shape index (κ1) is 22.5. The number of carbonyl (C=O) groups is 2. The standard InChI is InChI=1S/C22H28N4O5S/c1-2-24-9-11-26(12-10-24)32(29,30)20-7-5-18(6-8-20)23-22(28)17-14-21(27)25(15-17)16-19-4-3-13-31-19/h3-8,13,17H,2,9-12,14-16H2,1H3,(H,23,28). The molecule has 1 N–H and O–H groups in total. The highest BCUT2D eigenvalue weighted by atomic mass is 32.2. The van der Waals surface area contributed by atoms with Gasteiger partial charge in [-0.1, -0.05) is 6.92 Å². The molecule has 172 valence electrons. The number of furan rings is 1. The van der Waals surface area contributed by atoms with Gasteiger partial charge in [0.05, 0.1) is 23.6 Å². The summed E-state index contributed by atoms with van der Waals surface area (Å²) in [5.41, 5.74) is 0.502. The van der Waals surface area contributed by atoms with E-state index in [1.54, 1.807) is 35.4 Å². The fourth-order valence-corrected chi connectivity index (χ4v) is 5.50. The highest BCUT2D eigenvalue weighted by Crippen LogP contribution is 2.24. The van der Waals surface area contributed by atoms with Crippen LogP contribution in [0.5, 0.6) is 0 Å². The number of sulfonamides is 1. The van der Waals surface area contributed by atoms with Crippen LogP contribution >= 0.6 is 0 Å². The molecule has 2 aromatic rings. The van der Waals surface area contributed by atoms with E-state index in [0.717, 1.165) is 19.6 Å². The van der Waals surface area contributed by atoms with E-state index in [1.807, 2.05) is 0 Å². The lowest BCUT2D eigenvalue weighted by Gasteiger charge is -2.33. The van der Waals surface area contributed by atoms with Crippen LogP contribution in [0, 0.1) is 5.92 Å². The molecule has 9 nitrogen and oxygen atoms in total. The Bertz CT molecular complexity index is 1040. The van der Waals surface area contributed by atoms with Crippen molar-refractivity contribution in [3.05, 3.63) is 48.4 Å². The van der Waals surface area contributed by atoms with Crippen LogP contribution < -0.4 is 5.32 Å². The summed E-state index contributed by atoms with van der Waals surface area (Å²) in [5.74, 6) is -0.138. The molecule has 10 heteroatoms. The van der Waals surface area contributed by atoms with Gasteiger partial charge >= 0.3 is 0 Å². The van der Waals surface area contributed by atoms with Gasteiger partial charge in [-0.2, -0.15) is 4.31 Å². The minimum atomic E-state index is -3.56. The summed E-state index contributed by atoms with van der Waals surface area (Å²) in [6, 6.07) is 9.75. The zero-order chi connectivity index (χ0) is 22.7. The molecule has 2 aliphatic heterocycles. The first-order chi connectivity index (χ1) is 15.4. The number of hydrogen-bond donors (Lipinski definition) is 1. The van der Waals surface area contributed by atoms with Crippen LogP contribution in [-0.4, -0.2) is 73.6 Å². The number of nitrogens with one attached hydrogen (secondary N) is 1. The van der Waals surface area contributed by atoms with E-state index in [0.29, 0.717) is 37.6 Å². The third-order valence-electron chi connectivity index (χ3n) is 6.05. The van der Waals surface area contributed by atoms with Crippen LogP contribution in [0.1, 0.15) is 19.1 Å². The summed E-state index contributed by atoms with van der Waals surface area (Å²) in [6.45, 7) is 6.03. The fraction of sp³-hybridized carbons (Fsp3) is 0.455. The molecule has 2 aliphatic rings. The van der Waals surface area contributed by atoms with Crippen molar-refractivity contribution in [2.75, 3.05) is 44.6 Å². The van der Waals surface area contributed by atoms with Gasteiger partial charge in [-0.15, -0.1) is 0 Å². The Balaban J connectivity index is 1.34. The Labute approximate surface area is 188 Å². The van der Waals surface area contributed by atoms with Crippen molar-refractivity contribution in [1.82, 2.24) is 14.1 Å². The maximum atomic E-state index is 12.9. The molecule has 3 heterocycles. The molecular weight excluding hydrogens is 432 g/mol. The first-order valence-electron chi connectivity index (χ1n) is 10.8. The molecule has 0 saturated carbocycles. The fourth-order valence-electron chi connectivity index (χ4n) is 4.08. The van der Waals surface area contributed by atoms with Crippen molar-refractivity contribution in [2.45, 2.75) is 24.8 Å². The first-order valence-corrected chi connectivity index (χ1v) is 12.2. The molecule has 2 saturated heterocycles. The summed E-state index contributed by atoms with van der Waals surface area (Å²) in [6.07, 6.45) is 1.69. The molecule has 0 bridgehead atoms. The van der Waals surface area contributed by atoms with Gasteiger partial charge in [-0.05, 0) is 42.9 Å². The molecule has 1 atom stereocenters. The average molecular weight is 461 g/mol. The van der Waals surface area contributed by atoms with Gasteiger partial charge in [-0.3, -0.25) is 9.59 Å². The van der Waals surface area contributed by atoms with Gasteiger partial charge in [0.15, 0.2) is 0 Å². The zero-order valence-electron chi connectivity index (χ0n) is 18.1. The Morgan fingerprint density at radius 2 is 1.84 bits per heavy atom. The SMILES string of the molecule is CCN1CCN(S(=O)(=O)c2ccc(NC(=O)C3CC(=O)N(Cc4ccco4)C3)cc2)CC1. The topological polar surface area (TPSA) is 103 Å². The number of hydrogen-bond acceptors (Lipinski definition) is 6. The second-order valence-corrected chi connectivity index (χ2v) is 10.0. The van der Waals surface area contributed by atoms with E-state index >= 15 is 0 Å². The van der Waals surface area contributed by atoms with Gasteiger partial charge in [-0.25, -0.2) is 8.42 Å². The number of likely N-dealkylation sites (N-methyl/N-ethyl adjacent to an activating group) is 1. The number of rotatable bonds is 7. The highest BCUT2D eigenvalue weighted by molar-refractivity contribution is 7.89. The number of benzene rings is 1. The molecule has 1 aromatic heterocycles. The van der Waals surface area contributed by atoms with Gasteiger partial charge in [0.2, 0.25) is 21.8 Å². The van der Waals surface area contributed by atoms with E-state index in [9.17, 15) is 18.0 Å². The number of piperazine rings is 1. The van der Waals surface area contributed by atoms with E-state index in [2.05, 4.69) is 17.1 Å². The summed E-state index contributed by atoms with van der Waals surface area (Å²) in [7, 11) is -3.56. The molecule has 0 spiro atoms. The number of likely N-dealkylation sites (tertiary alicyclic amines) is 1. The average Bonchev–Trinajstić information content (AvgIpc) is 3.44. The van der Waals surface area contributed by atoms with E-state index in [-0.39, 0.29) is 23.1 Å². The number of anilines is 1. The van der Waals surface area contributed by atoms with Crippen LogP contribution in [0.3, 0.4) is 0 Å². The molecule has 32 heavy (non-hydrogen) atoms. The quantitative estimate of drug-likeness (QED) is 0.673. The summed E-state index contributed by atoms with van der Waals surface area (Å²) >= 11 is 0. The van der Waals surface area contributed by atoms with Crippen molar-refractivity contribution in [2.24, 2.45) is 5.92 Å². The normalized spacial score (nSPS) is 20.6. The monoisotopic (exact) mass is 460 g/mol. The van der Waals surface area contributed by atoms with Crippen molar-refractivity contribution >= 4 is 27.5 Å². The van der Waals surface area contributed by atoms with E-state index < -0.39 is 15.9 Å². The third kappa shape index (κ3) is 4.87. The van der Waals surface area contributed by atoms with Crippen molar-refractivity contribution in [1.29, 1.82) is 0 Å². The molecule has 1 unspecified atom stereocenters. The molecule has 0 aliphatic carbocycles. The van der Waals surface area contributed by atoms with Crippen LogP contribution in [-0.2, 0) is 26.2 Å². The van der Waals surface area contributed by atoms with Gasteiger partial charge in [0.1, 0.15) is 5.76 Å². The molecule has 4 rings (SSSR count). The van der Waals surface area contributed by atoms with Crippen molar-refractivity contribution in [3.8, 4) is 0 Å². The van der Waals surface area contributed by atoms with Gasteiger partial charge in [0, 0.05) is 44.8 Å². The Morgan fingerprint density at radius 3 is 2.47 bits per heavy atom. The van der Waals surface area contributed by atoms with Gasteiger partial charge < -0.3 is 19.5 Å². The minimum Gasteiger partial charge on any atom is -0.467 e. The lowest BCUT2D eigenvalue weighted by atomic mass is 10.1. The summed E-state index contributed by atoms with van der Waals surface area (Å²) < 4.78 is 32.6.